The molecular formula is C11H22N2O5S2. The fourth-order valence-electron chi connectivity index (χ4n) is 2.88. The highest BCUT2D eigenvalue weighted by atomic mass is 32.2. The minimum Gasteiger partial charge on any atom is -0.395 e. The molecule has 2 unspecified atom stereocenters. The summed E-state index contributed by atoms with van der Waals surface area (Å²) in [7, 11) is -5.40. The van der Waals surface area contributed by atoms with Crippen molar-refractivity contribution in [2.75, 3.05) is 31.7 Å². The number of aliphatic hydroxyl groups excluding tert-OH is 1. The minimum atomic E-state index is -3.71. The maximum absolute atomic E-state index is 12.6. The maximum atomic E-state index is 12.6. The lowest BCUT2D eigenvalue weighted by atomic mass is 10.1. The van der Waals surface area contributed by atoms with E-state index < -0.39 is 32.1 Å². The van der Waals surface area contributed by atoms with E-state index in [1.165, 1.54) is 15.7 Å². The molecule has 0 aromatic rings. The zero-order valence-electron chi connectivity index (χ0n) is 11.6. The first-order valence-corrected chi connectivity index (χ1v) is 10.1. The molecule has 0 aliphatic carbocycles. The van der Waals surface area contributed by atoms with E-state index in [2.05, 4.69) is 0 Å². The monoisotopic (exact) mass is 326 g/mol. The van der Waals surface area contributed by atoms with Crippen molar-refractivity contribution in [2.24, 2.45) is 0 Å². The van der Waals surface area contributed by atoms with Crippen LogP contribution in [0.1, 0.15) is 25.7 Å². The average molecular weight is 326 g/mol. The molecule has 0 aromatic carbocycles. The molecule has 2 aliphatic rings. The van der Waals surface area contributed by atoms with E-state index in [1.54, 1.807) is 0 Å². The van der Waals surface area contributed by atoms with Crippen molar-refractivity contribution in [1.82, 2.24) is 8.61 Å². The molecule has 20 heavy (non-hydrogen) atoms. The molecule has 0 bridgehead atoms. The minimum absolute atomic E-state index is 0.0426. The van der Waals surface area contributed by atoms with Crippen molar-refractivity contribution in [3.05, 3.63) is 0 Å². The van der Waals surface area contributed by atoms with Crippen LogP contribution in [0.2, 0.25) is 0 Å². The van der Waals surface area contributed by atoms with E-state index in [0.717, 1.165) is 12.8 Å². The summed E-state index contributed by atoms with van der Waals surface area (Å²) in [6, 6.07) is -0.888. The molecule has 0 radical (unpaired) electrons. The predicted octanol–water partition coefficient (Wildman–Crippen LogP) is -0.803. The van der Waals surface area contributed by atoms with Crippen LogP contribution in [0.3, 0.4) is 0 Å². The molecule has 2 fully saturated rings. The van der Waals surface area contributed by atoms with Gasteiger partial charge in [-0.15, -0.1) is 0 Å². The van der Waals surface area contributed by atoms with Gasteiger partial charge in [0.25, 0.3) is 10.2 Å². The first-order valence-electron chi connectivity index (χ1n) is 6.84. The first kappa shape index (κ1) is 16.2. The molecular weight excluding hydrogens is 304 g/mol. The molecule has 118 valence electrons. The van der Waals surface area contributed by atoms with Crippen molar-refractivity contribution in [2.45, 2.75) is 37.8 Å². The van der Waals surface area contributed by atoms with Crippen LogP contribution in [0.5, 0.6) is 0 Å². The van der Waals surface area contributed by atoms with Crippen molar-refractivity contribution in [3.63, 3.8) is 0 Å². The Morgan fingerprint density at radius 3 is 2.55 bits per heavy atom. The third-order valence-corrected chi connectivity index (χ3v) is 8.02. The van der Waals surface area contributed by atoms with Crippen LogP contribution in [0.15, 0.2) is 0 Å². The Kier molecular flexibility index (Phi) is 4.75. The van der Waals surface area contributed by atoms with Crippen LogP contribution in [0.25, 0.3) is 0 Å². The molecule has 0 saturated carbocycles. The number of hydrogen-bond acceptors (Lipinski definition) is 5. The third kappa shape index (κ3) is 3.16. The number of sulfone groups is 1. The van der Waals surface area contributed by atoms with E-state index in [1.807, 2.05) is 0 Å². The maximum Gasteiger partial charge on any atom is 0.282 e. The number of rotatable bonds is 4. The summed E-state index contributed by atoms with van der Waals surface area (Å²) in [5.74, 6) is -0.0681. The van der Waals surface area contributed by atoms with Gasteiger partial charge in [-0.05, 0) is 19.3 Å². The zero-order valence-corrected chi connectivity index (χ0v) is 13.2. The molecule has 2 aliphatic heterocycles. The van der Waals surface area contributed by atoms with Gasteiger partial charge in [0.15, 0.2) is 9.84 Å². The summed E-state index contributed by atoms with van der Waals surface area (Å²) in [5.41, 5.74) is 0. The van der Waals surface area contributed by atoms with Gasteiger partial charge in [-0.25, -0.2) is 8.42 Å². The quantitative estimate of drug-likeness (QED) is 0.729. The Balaban J connectivity index is 2.17. The second kappa shape index (κ2) is 5.88. The van der Waals surface area contributed by atoms with Crippen molar-refractivity contribution in [1.29, 1.82) is 0 Å². The van der Waals surface area contributed by atoms with Gasteiger partial charge in [0.05, 0.1) is 18.1 Å². The summed E-state index contributed by atoms with van der Waals surface area (Å²) in [6.07, 6.45) is 2.66. The number of nitrogens with zero attached hydrogens (tertiary/aromatic N) is 2. The summed E-state index contributed by atoms with van der Waals surface area (Å²) in [5, 5.41) is 9.33. The summed E-state index contributed by atoms with van der Waals surface area (Å²) in [4.78, 5) is 0. The zero-order chi connectivity index (χ0) is 15.0. The van der Waals surface area contributed by atoms with Gasteiger partial charge >= 0.3 is 0 Å². The van der Waals surface area contributed by atoms with Crippen molar-refractivity contribution < 1.29 is 21.9 Å². The summed E-state index contributed by atoms with van der Waals surface area (Å²) < 4.78 is 50.7. The van der Waals surface area contributed by atoms with Crippen LogP contribution in [0.4, 0.5) is 0 Å². The first-order chi connectivity index (χ1) is 9.28. The Morgan fingerprint density at radius 2 is 2.00 bits per heavy atom. The van der Waals surface area contributed by atoms with Crippen molar-refractivity contribution in [3.8, 4) is 0 Å². The molecule has 0 spiro atoms. The predicted molar refractivity (Wildman–Crippen MR) is 75.2 cm³/mol. The van der Waals surface area contributed by atoms with Crippen LogP contribution in [-0.4, -0.2) is 74.3 Å². The van der Waals surface area contributed by atoms with Crippen LogP contribution >= 0.6 is 0 Å². The standard InChI is InChI=1S/C11H22N2O5S2/c1-12(11-5-7-19(15,16)9-11)20(17,18)13-6-3-2-4-10(13)8-14/h10-11,14H,2-9H2,1H3. The fraction of sp³-hybridized carbons (Fsp3) is 1.00. The van der Waals surface area contributed by atoms with E-state index in [0.29, 0.717) is 19.4 Å². The lowest BCUT2D eigenvalue weighted by Gasteiger charge is -2.37. The van der Waals surface area contributed by atoms with E-state index in [-0.39, 0.29) is 18.1 Å². The molecule has 2 rings (SSSR count). The van der Waals surface area contributed by atoms with Gasteiger partial charge in [0.2, 0.25) is 0 Å². The number of aliphatic hydroxyl groups is 1. The van der Waals surface area contributed by atoms with E-state index in [4.69, 9.17) is 0 Å². The number of piperidine rings is 1. The Morgan fingerprint density at radius 1 is 1.30 bits per heavy atom. The summed E-state index contributed by atoms with van der Waals surface area (Å²) >= 11 is 0. The topological polar surface area (TPSA) is 95.0 Å². The van der Waals surface area contributed by atoms with E-state index >= 15 is 0 Å². The van der Waals surface area contributed by atoms with Gasteiger partial charge in [-0.1, -0.05) is 6.42 Å². The largest absolute Gasteiger partial charge is 0.395 e. The van der Waals surface area contributed by atoms with E-state index in [9.17, 15) is 21.9 Å². The second-order valence-corrected chi connectivity index (χ2v) is 9.69. The molecule has 2 heterocycles. The highest BCUT2D eigenvalue weighted by Gasteiger charge is 2.41. The van der Waals surface area contributed by atoms with Crippen LogP contribution < -0.4 is 0 Å². The average Bonchev–Trinajstić information content (AvgIpc) is 2.78. The molecule has 7 nitrogen and oxygen atoms in total. The van der Waals surface area contributed by atoms with Crippen molar-refractivity contribution >= 4 is 20.0 Å². The Hall–Kier alpha value is -0.220. The molecule has 9 heteroatoms. The molecule has 1 N–H and O–H groups in total. The Labute approximate surface area is 120 Å². The van der Waals surface area contributed by atoms with Crippen LogP contribution in [-0.2, 0) is 20.0 Å². The van der Waals surface area contributed by atoms with Gasteiger partial charge < -0.3 is 5.11 Å². The Bertz CT molecular complexity index is 545. The smallest absolute Gasteiger partial charge is 0.282 e. The fourth-order valence-corrected chi connectivity index (χ4v) is 6.54. The molecule has 0 amide bonds. The highest BCUT2D eigenvalue weighted by molar-refractivity contribution is 7.91. The second-order valence-electron chi connectivity index (χ2n) is 5.52. The normalized spacial score (nSPS) is 31.8. The highest BCUT2D eigenvalue weighted by Crippen LogP contribution is 2.26. The van der Waals surface area contributed by atoms with Gasteiger partial charge in [0, 0.05) is 25.7 Å². The van der Waals surface area contributed by atoms with Crippen LogP contribution in [0, 0.1) is 0 Å². The lowest BCUT2D eigenvalue weighted by molar-refractivity contribution is 0.147. The molecule has 2 saturated heterocycles. The number of hydrogen-bond donors (Lipinski definition) is 1. The van der Waals surface area contributed by atoms with Gasteiger partial charge in [0.1, 0.15) is 0 Å². The lowest BCUT2D eigenvalue weighted by Crippen LogP contribution is -2.53. The molecule has 0 aromatic heterocycles. The SMILES string of the molecule is CN(C1CCS(=O)(=O)C1)S(=O)(=O)N1CCCCC1CO. The molecule has 2 atom stereocenters. The summed E-state index contributed by atoms with van der Waals surface area (Å²) in [6.45, 7) is 0.188. The third-order valence-electron chi connectivity index (χ3n) is 4.17. The van der Waals surface area contributed by atoms with Gasteiger partial charge in [-0.2, -0.15) is 17.0 Å². The van der Waals surface area contributed by atoms with Gasteiger partial charge in [-0.3, -0.25) is 0 Å².